The van der Waals surface area contributed by atoms with Crippen molar-refractivity contribution in [2.24, 2.45) is 0 Å². The molecule has 6 N–H and O–H groups in total. The molecular formula is C90H102N6O30. The molecular weight excluding hydrogens is 1650 g/mol. The van der Waals surface area contributed by atoms with Crippen molar-refractivity contribution in [3.05, 3.63) is 217 Å². The first-order valence-corrected chi connectivity index (χ1v) is 40.5. The van der Waals surface area contributed by atoms with E-state index in [9.17, 15) is 88.2 Å². The monoisotopic (exact) mass is 1750 g/mol. The summed E-state index contributed by atoms with van der Waals surface area (Å²) in [4.78, 5) is 211. The van der Waals surface area contributed by atoms with E-state index in [2.05, 4.69) is 0 Å². The summed E-state index contributed by atoms with van der Waals surface area (Å²) in [6.07, 6.45) is -10.4. The Kier molecular flexibility index (Phi) is 43.2. The Labute approximate surface area is 725 Å². The van der Waals surface area contributed by atoms with E-state index >= 15 is 14.4 Å². The summed E-state index contributed by atoms with van der Waals surface area (Å²) in [6.45, 7) is -6.34. The molecule has 36 heteroatoms. The maximum atomic E-state index is 15.7. The van der Waals surface area contributed by atoms with Crippen molar-refractivity contribution in [1.29, 1.82) is 0 Å². The van der Waals surface area contributed by atoms with Gasteiger partial charge in [-0.05, 0) is 91.0 Å². The van der Waals surface area contributed by atoms with Crippen LogP contribution in [0.2, 0.25) is 0 Å². The number of nitrogens with zero attached hydrogens (tertiary/aromatic N) is 6. The van der Waals surface area contributed by atoms with Crippen LogP contribution >= 0.6 is 0 Å². The van der Waals surface area contributed by atoms with E-state index in [0.717, 1.165) is 18.2 Å². The Balaban J connectivity index is 1.38. The highest BCUT2D eigenvalue weighted by molar-refractivity contribution is 6.01. The number of carboxylic acid groups (broad SMARTS) is 6. The van der Waals surface area contributed by atoms with Crippen LogP contribution in [0.25, 0.3) is 0 Å². The summed E-state index contributed by atoms with van der Waals surface area (Å²) in [5.41, 5.74) is -2.00. The number of carboxylic acids is 6. The topological polar surface area (TPSA) is 480 Å². The number of carbonyl (C=O) groups excluding carboxylic acids is 9. The van der Waals surface area contributed by atoms with E-state index in [1.54, 1.807) is 109 Å². The highest BCUT2D eigenvalue weighted by atomic mass is 16.6. The molecule has 36 nitrogen and oxygen atoms in total. The Morgan fingerprint density at radius 2 is 0.341 bits per heavy atom. The van der Waals surface area contributed by atoms with Crippen LogP contribution in [-0.2, 0) is 71.7 Å². The lowest BCUT2D eigenvalue weighted by Gasteiger charge is -2.32. The molecule has 0 radical (unpaired) electrons. The normalized spacial score (nSPS) is 11.2. The fraction of sp³-hybridized carbons (Fsp3) is 0.367. The van der Waals surface area contributed by atoms with E-state index in [1.807, 2.05) is 0 Å². The van der Waals surface area contributed by atoms with Crippen LogP contribution in [0.3, 0.4) is 0 Å². The molecule has 0 fully saturated rings. The predicted molar refractivity (Wildman–Crippen MR) is 446 cm³/mol. The summed E-state index contributed by atoms with van der Waals surface area (Å²) in [6, 6.07) is 50.4. The molecule has 0 amide bonds. The van der Waals surface area contributed by atoms with Gasteiger partial charge in [-0.3, -0.25) is 86.9 Å². The molecule has 0 heterocycles. The highest BCUT2D eigenvalue weighted by Gasteiger charge is 2.32. The molecule has 0 saturated heterocycles. The molecule has 7 rings (SSSR count). The number of hydrogen-bond donors (Lipinski definition) is 6. The highest BCUT2D eigenvalue weighted by Crippen LogP contribution is 2.23. The van der Waals surface area contributed by atoms with E-state index < -0.39 is 241 Å². The van der Waals surface area contributed by atoms with Crippen LogP contribution in [0.1, 0.15) is 108 Å². The quantitative estimate of drug-likeness (QED) is 0.0120. The SMILES string of the molecule is O=C(O)CCN(CCC(=O)Oc1ccccc1)CC(CN(CCC(=O)O)CCC(=O)Oc1ccccc1)OC(=O)c1cc(C(=O)OC(CN(CCC(=O)O)CCC(=O)Oc2ccccc2)CN(CCC(=O)O)CCC(=O)Oc2ccccc2)cc(C(=O)OC(CN(CCC(=O)O)CCC(=O)Oc2ccccc2)CN(CCC(=O)O)CCC(=O)Oc2ccccc2)c1. The van der Waals surface area contributed by atoms with Gasteiger partial charge in [-0.15, -0.1) is 0 Å². The minimum absolute atomic E-state index is 0.172. The van der Waals surface area contributed by atoms with Crippen LogP contribution in [0.5, 0.6) is 34.5 Å². The number of aliphatic carboxylic acids is 6. The lowest BCUT2D eigenvalue weighted by atomic mass is 10.0. The average Bonchev–Trinajstić information content (AvgIpc) is 0.812. The number of hydrogen-bond acceptors (Lipinski definition) is 30. The lowest BCUT2D eigenvalue weighted by molar-refractivity contribution is -0.139. The molecule has 7 aromatic carbocycles. The Morgan fingerprint density at radius 1 is 0.206 bits per heavy atom. The number of para-hydroxylation sites is 6. The first-order chi connectivity index (χ1) is 60.5. The Morgan fingerprint density at radius 3 is 0.476 bits per heavy atom. The first-order valence-electron chi connectivity index (χ1n) is 40.5. The zero-order valence-corrected chi connectivity index (χ0v) is 69.2. The Hall–Kier alpha value is -13.7. The van der Waals surface area contributed by atoms with Crippen LogP contribution < -0.4 is 28.4 Å². The van der Waals surface area contributed by atoms with Gasteiger partial charge in [0, 0.05) is 118 Å². The summed E-state index contributed by atoms with van der Waals surface area (Å²) in [7, 11) is 0. The summed E-state index contributed by atoms with van der Waals surface area (Å²) >= 11 is 0. The van der Waals surface area contributed by atoms with Crippen molar-refractivity contribution in [2.45, 2.75) is 95.4 Å². The van der Waals surface area contributed by atoms with Crippen molar-refractivity contribution in [3.8, 4) is 34.5 Å². The fourth-order valence-electron chi connectivity index (χ4n) is 12.6. The average molecular weight is 1750 g/mol. The maximum Gasteiger partial charge on any atom is 0.338 e. The number of benzene rings is 7. The molecule has 126 heavy (non-hydrogen) atoms. The maximum absolute atomic E-state index is 15.7. The van der Waals surface area contributed by atoms with Gasteiger partial charge in [0.05, 0.1) is 93.7 Å². The van der Waals surface area contributed by atoms with E-state index in [1.165, 1.54) is 102 Å². The second-order valence-electron chi connectivity index (χ2n) is 28.8. The second-order valence-corrected chi connectivity index (χ2v) is 28.8. The molecule has 0 aromatic heterocycles. The van der Waals surface area contributed by atoms with Crippen LogP contribution in [0.15, 0.2) is 200 Å². The largest absolute Gasteiger partial charge is 0.481 e. The molecule has 0 spiro atoms. The van der Waals surface area contributed by atoms with Gasteiger partial charge in [-0.2, -0.15) is 0 Å². The van der Waals surface area contributed by atoms with Gasteiger partial charge in [0.15, 0.2) is 0 Å². The van der Waals surface area contributed by atoms with Crippen molar-refractivity contribution >= 4 is 89.5 Å². The summed E-state index contributed by atoms with van der Waals surface area (Å²) in [5.74, 6) is -15.5. The van der Waals surface area contributed by atoms with Gasteiger partial charge in [-0.25, -0.2) is 14.4 Å². The van der Waals surface area contributed by atoms with Gasteiger partial charge in [0.25, 0.3) is 0 Å². The van der Waals surface area contributed by atoms with Gasteiger partial charge >= 0.3 is 89.5 Å². The number of esters is 9. The fourth-order valence-corrected chi connectivity index (χ4v) is 12.6. The lowest BCUT2D eigenvalue weighted by Crippen LogP contribution is -2.45. The minimum atomic E-state index is -1.55. The van der Waals surface area contributed by atoms with Crippen LogP contribution in [0.4, 0.5) is 0 Å². The third kappa shape index (κ3) is 41.5. The van der Waals surface area contributed by atoms with Crippen molar-refractivity contribution in [1.82, 2.24) is 29.4 Å². The van der Waals surface area contributed by atoms with E-state index in [-0.39, 0.29) is 113 Å². The molecule has 0 atom stereocenters. The molecule has 0 unspecified atom stereocenters. The number of ether oxygens (including phenoxy) is 9. The summed E-state index contributed by atoms with van der Waals surface area (Å²) < 4.78 is 52.3. The summed E-state index contributed by atoms with van der Waals surface area (Å²) in [5, 5.41) is 60.4. The molecule has 0 aliphatic heterocycles. The van der Waals surface area contributed by atoms with Crippen LogP contribution in [0, 0.1) is 0 Å². The van der Waals surface area contributed by atoms with Gasteiger partial charge in [-0.1, -0.05) is 109 Å². The standard InChI is InChI=1S/C90H102N6O30/c97-76(98)31-43-91(49-37-82(109)118-67-19-7-1-8-20-67)58-73(59-92(44-32-77(99)100)50-38-83(110)119-68-21-9-2-10-22-68)124-88(115)64-55-65(89(116)125-74(60-93(45-33-78(101)102)51-39-84(111)120-69-23-11-3-12-24-69)61-94(46-34-79(103)104)52-40-85(112)121-70-25-13-4-14-26-70)57-66(56-64)90(117)126-75(62-95(47-35-80(105)106)53-41-86(113)122-71-27-15-5-16-28-71)63-96(48-36-81(107)108)54-42-87(114)123-72-29-17-6-18-30-72/h1-30,55-57,73-75H,31-54,58-63H2,(H,97,98)(H,99,100)(H,101,102)(H,103,104)(H,105,106)(H,107,108). The molecule has 0 bridgehead atoms. The Bertz CT molecular complexity index is 3970. The number of carbonyl (C=O) groups is 15. The number of rotatable bonds is 60. The van der Waals surface area contributed by atoms with Gasteiger partial charge in [0.1, 0.15) is 52.8 Å². The second kappa shape index (κ2) is 54.8. The van der Waals surface area contributed by atoms with Crippen molar-refractivity contribution < 1.29 is 145 Å². The zero-order chi connectivity index (χ0) is 91.0. The van der Waals surface area contributed by atoms with Gasteiger partial charge in [0.2, 0.25) is 0 Å². The van der Waals surface area contributed by atoms with E-state index in [0.29, 0.717) is 0 Å². The minimum Gasteiger partial charge on any atom is -0.481 e. The smallest absolute Gasteiger partial charge is 0.338 e. The third-order valence-electron chi connectivity index (χ3n) is 18.7. The molecule has 7 aromatic rings. The molecule has 0 aliphatic carbocycles. The van der Waals surface area contributed by atoms with Crippen LogP contribution in [-0.4, -0.2) is 286 Å². The molecule has 672 valence electrons. The van der Waals surface area contributed by atoms with Gasteiger partial charge < -0.3 is 73.3 Å². The molecule has 0 aliphatic rings. The van der Waals surface area contributed by atoms with Crippen molar-refractivity contribution in [3.63, 3.8) is 0 Å². The molecule has 0 saturated carbocycles. The first kappa shape index (κ1) is 99.5. The zero-order valence-electron chi connectivity index (χ0n) is 69.2. The predicted octanol–water partition coefficient (Wildman–Crippen LogP) is 7.90. The van der Waals surface area contributed by atoms with Crippen molar-refractivity contribution in [2.75, 3.05) is 118 Å². The third-order valence-corrected chi connectivity index (χ3v) is 18.7. The van der Waals surface area contributed by atoms with E-state index in [4.69, 9.17) is 42.6 Å².